The summed E-state index contributed by atoms with van der Waals surface area (Å²) >= 11 is 0. The highest BCUT2D eigenvalue weighted by molar-refractivity contribution is 5.54. The van der Waals surface area contributed by atoms with Crippen molar-refractivity contribution >= 4 is 0 Å². The maximum Gasteiger partial charge on any atom is 0.141 e. The van der Waals surface area contributed by atoms with Gasteiger partial charge < -0.3 is 0 Å². The van der Waals surface area contributed by atoms with E-state index in [1.165, 1.54) is 12.3 Å². The third-order valence-electron chi connectivity index (χ3n) is 1.99. The summed E-state index contributed by atoms with van der Waals surface area (Å²) in [4.78, 5) is 3.99. The molecule has 0 saturated heterocycles. The Labute approximate surface area is 81.2 Å². The zero-order valence-corrected chi connectivity index (χ0v) is 8.03. The lowest BCUT2D eigenvalue weighted by molar-refractivity contribution is 0.621. The van der Waals surface area contributed by atoms with Crippen LogP contribution in [0.15, 0.2) is 24.4 Å². The molecule has 0 amide bonds. The van der Waals surface area contributed by atoms with Gasteiger partial charge in [0.25, 0.3) is 0 Å². The highest BCUT2D eigenvalue weighted by atomic mass is 19.1. The van der Waals surface area contributed by atoms with Gasteiger partial charge in [0.2, 0.25) is 0 Å². The molecule has 0 unspecified atom stereocenters. The lowest BCUT2D eigenvalue weighted by Crippen LogP contribution is -1.95. The highest BCUT2D eigenvalue weighted by Crippen LogP contribution is 2.16. The molecule has 0 saturated carbocycles. The Hall–Kier alpha value is -1.71. The van der Waals surface area contributed by atoms with E-state index < -0.39 is 0 Å². The van der Waals surface area contributed by atoms with Crippen molar-refractivity contribution in [2.24, 2.45) is 7.05 Å². The van der Waals surface area contributed by atoms with E-state index in [-0.39, 0.29) is 5.82 Å². The quantitative estimate of drug-likeness (QED) is 0.689. The Balaban J connectivity index is 2.49. The largest absolute Gasteiger partial charge is 0.266 e. The second-order valence-electron chi connectivity index (χ2n) is 3.16. The number of nitrogens with zero attached hydrogens (tertiary/aromatic N) is 3. The molecule has 2 aromatic heterocycles. The van der Waals surface area contributed by atoms with E-state index in [2.05, 4.69) is 10.1 Å². The number of aryl methyl sites for hydroxylation is 2. The summed E-state index contributed by atoms with van der Waals surface area (Å²) in [7, 11) is 1.84. The molecule has 0 radical (unpaired) electrons. The van der Waals surface area contributed by atoms with Crippen LogP contribution in [0, 0.1) is 12.7 Å². The van der Waals surface area contributed by atoms with Gasteiger partial charge in [-0.05, 0) is 25.1 Å². The summed E-state index contributed by atoms with van der Waals surface area (Å²) < 4.78 is 14.4. The van der Waals surface area contributed by atoms with Gasteiger partial charge in [0.15, 0.2) is 0 Å². The summed E-state index contributed by atoms with van der Waals surface area (Å²) in [5.41, 5.74) is 2.55. The summed E-state index contributed by atoms with van der Waals surface area (Å²) in [5.74, 6) is -0.326. The number of pyridine rings is 1. The fourth-order valence-corrected chi connectivity index (χ4v) is 1.38. The maximum absolute atomic E-state index is 12.6. The summed E-state index contributed by atoms with van der Waals surface area (Å²) in [6.45, 7) is 1.91. The molecule has 0 N–H and O–H groups in total. The van der Waals surface area contributed by atoms with Gasteiger partial charge in [0, 0.05) is 7.05 Å². The first-order chi connectivity index (χ1) is 6.66. The standard InChI is InChI=1S/C10H10FN3/c1-7-5-10(14(2)13-7)9-4-3-8(11)6-12-9/h3-6H,1-2H3. The van der Waals surface area contributed by atoms with E-state index in [9.17, 15) is 4.39 Å². The number of rotatable bonds is 1. The van der Waals surface area contributed by atoms with Crippen LogP contribution >= 0.6 is 0 Å². The first-order valence-electron chi connectivity index (χ1n) is 4.29. The summed E-state index contributed by atoms with van der Waals surface area (Å²) in [6.07, 6.45) is 1.21. The molecule has 0 aliphatic heterocycles. The molecule has 0 fully saturated rings. The minimum absolute atomic E-state index is 0.326. The van der Waals surface area contributed by atoms with Crippen LogP contribution in [-0.4, -0.2) is 14.8 Å². The molecule has 72 valence electrons. The molecule has 0 bridgehead atoms. The van der Waals surface area contributed by atoms with Gasteiger partial charge >= 0.3 is 0 Å². The van der Waals surface area contributed by atoms with E-state index >= 15 is 0 Å². The smallest absolute Gasteiger partial charge is 0.141 e. The third kappa shape index (κ3) is 1.51. The van der Waals surface area contributed by atoms with Gasteiger partial charge in [-0.3, -0.25) is 9.67 Å². The minimum atomic E-state index is -0.326. The minimum Gasteiger partial charge on any atom is -0.266 e. The molecule has 2 heterocycles. The van der Waals surface area contributed by atoms with E-state index in [0.717, 1.165) is 17.1 Å². The average molecular weight is 191 g/mol. The van der Waals surface area contributed by atoms with Crippen LogP contribution in [0.25, 0.3) is 11.4 Å². The monoisotopic (exact) mass is 191 g/mol. The van der Waals surface area contributed by atoms with Crippen molar-refractivity contribution in [3.8, 4) is 11.4 Å². The number of halogens is 1. The lowest BCUT2D eigenvalue weighted by atomic mass is 10.2. The molecule has 0 spiro atoms. The lowest BCUT2D eigenvalue weighted by Gasteiger charge is -1.99. The molecule has 0 atom stereocenters. The normalized spacial score (nSPS) is 10.5. The molecule has 0 aliphatic carbocycles. The van der Waals surface area contributed by atoms with Gasteiger partial charge in [-0.2, -0.15) is 5.10 Å². The first-order valence-corrected chi connectivity index (χ1v) is 4.29. The molecule has 0 aromatic carbocycles. The van der Waals surface area contributed by atoms with Gasteiger partial charge in [-0.1, -0.05) is 0 Å². The van der Waals surface area contributed by atoms with Gasteiger partial charge in [-0.15, -0.1) is 0 Å². The van der Waals surface area contributed by atoms with Gasteiger partial charge in [-0.25, -0.2) is 4.39 Å². The maximum atomic E-state index is 12.6. The van der Waals surface area contributed by atoms with Crippen molar-refractivity contribution < 1.29 is 4.39 Å². The zero-order chi connectivity index (χ0) is 10.1. The van der Waals surface area contributed by atoms with Crippen LogP contribution in [0.3, 0.4) is 0 Å². The van der Waals surface area contributed by atoms with E-state index in [0.29, 0.717) is 0 Å². The van der Waals surface area contributed by atoms with Crippen LogP contribution in [0.4, 0.5) is 4.39 Å². The number of aromatic nitrogens is 3. The van der Waals surface area contributed by atoms with Crippen LogP contribution < -0.4 is 0 Å². The molecule has 0 aliphatic rings. The summed E-state index contributed by atoms with van der Waals surface area (Å²) in [6, 6.07) is 4.96. The second kappa shape index (κ2) is 3.21. The van der Waals surface area contributed by atoms with Gasteiger partial charge in [0.1, 0.15) is 5.82 Å². The summed E-state index contributed by atoms with van der Waals surface area (Å²) in [5, 5.41) is 4.19. The Kier molecular flexibility index (Phi) is 2.04. The Morgan fingerprint density at radius 3 is 2.64 bits per heavy atom. The first kappa shape index (κ1) is 8.87. The van der Waals surface area contributed by atoms with Crippen molar-refractivity contribution in [2.45, 2.75) is 6.92 Å². The Morgan fingerprint density at radius 2 is 2.14 bits per heavy atom. The average Bonchev–Trinajstić information content (AvgIpc) is 2.47. The number of hydrogen-bond donors (Lipinski definition) is 0. The van der Waals surface area contributed by atoms with Crippen molar-refractivity contribution in [3.05, 3.63) is 35.9 Å². The van der Waals surface area contributed by atoms with Crippen LogP contribution in [0.1, 0.15) is 5.69 Å². The zero-order valence-electron chi connectivity index (χ0n) is 8.03. The fraction of sp³-hybridized carbons (Fsp3) is 0.200. The molecule has 4 heteroatoms. The van der Waals surface area contributed by atoms with Crippen molar-refractivity contribution in [1.82, 2.24) is 14.8 Å². The van der Waals surface area contributed by atoms with Crippen molar-refractivity contribution in [1.29, 1.82) is 0 Å². The molecule has 2 rings (SSSR count). The fourth-order valence-electron chi connectivity index (χ4n) is 1.38. The SMILES string of the molecule is Cc1cc(-c2ccc(F)cn2)n(C)n1. The molecular weight excluding hydrogens is 181 g/mol. The third-order valence-corrected chi connectivity index (χ3v) is 1.99. The van der Waals surface area contributed by atoms with Gasteiger partial charge in [0.05, 0.1) is 23.3 Å². The molecule has 14 heavy (non-hydrogen) atoms. The molecule has 2 aromatic rings. The van der Waals surface area contributed by atoms with Crippen molar-refractivity contribution in [2.75, 3.05) is 0 Å². The molecular formula is C10H10FN3. The Morgan fingerprint density at radius 1 is 1.36 bits per heavy atom. The van der Waals surface area contributed by atoms with Crippen LogP contribution in [0.2, 0.25) is 0 Å². The topological polar surface area (TPSA) is 30.7 Å². The predicted octanol–water partition coefficient (Wildman–Crippen LogP) is 1.93. The van der Waals surface area contributed by atoms with E-state index in [4.69, 9.17) is 0 Å². The van der Waals surface area contributed by atoms with Crippen molar-refractivity contribution in [3.63, 3.8) is 0 Å². The van der Waals surface area contributed by atoms with Crippen LogP contribution in [-0.2, 0) is 7.05 Å². The highest BCUT2D eigenvalue weighted by Gasteiger charge is 2.05. The molecule has 3 nitrogen and oxygen atoms in total. The van der Waals surface area contributed by atoms with E-state index in [1.54, 1.807) is 10.7 Å². The second-order valence-corrected chi connectivity index (χ2v) is 3.16. The Bertz CT molecular complexity index is 445. The van der Waals surface area contributed by atoms with E-state index in [1.807, 2.05) is 20.0 Å². The predicted molar refractivity (Wildman–Crippen MR) is 51.1 cm³/mol. The number of hydrogen-bond acceptors (Lipinski definition) is 2. The van der Waals surface area contributed by atoms with Crippen LogP contribution in [0.5, 0.6) is 0 Å².